The first-order chi connectivity index (χ1) is 9.97. The Bertz CT molecular complexity index is 616. The van der Waals surface area contributed by atoms with Crippen molar-refractivity contribution in [2.24, 2.45) is 5.84 Å². The van der Waals surface area contributed by atoms with Gasteiger partial charge in [-0.1, -0.05) is 18.2 Å². The van der Waals surface area contributed by atoms with Crippen LogP contribution < -0.4 is 16.0 Å². The second kappa shape index (κ2) is 6.11. The Morgan fingerprint density at radius 3 is 2.62 bits per heavy atom. The van der Waals surface area contributed by atoms with Crippen LogP contribution in [0.4, 0.5) is 13.2 Å². The molecule has 3 N–H and O–H groups in total. The third-order valence-corrected chi connectivity index (χ3v) is 3.02. The van der Waals surface area contributed by atoms with E-state index in [1.54, 1.807) is 18.2 Å². The molecule has 0 aliphatic carbocycles. The molecule has 1 unspecified atom stereocenters. The number of alkyl halides is 3. The summed E-state index contributed by atoms with van der Waals surface area (Å²) in [6.45, 7) is 0. The molecule has 1 atom stereocenters. The molecule has 2 aromatic rings. The fraction of sp³-hybridized carbons (Fsp3) is 0.214. The summed E-state index contributed by atoms with van der Waals surface area (Å²) in [6, 6.07) is 7.66. The Kier molecular flexibility index (Phi) is 4.44. The second-order valence-electron chi connectivity index (χ2n) is 4.32. The van der Waals surface area contributed by atoms with Gasteiger partial charge in [-0.25, -0.2) is 10.4 Å². The fourth-order valence-electron chi connectivity index (χ4n) is 2.05. The number of ether oxygens (including phenoxy) is 1. The number of hydrazine groups is 1. The lowest BCUT2D eigenvalue weighted by molar-refractivity contribution is -0.137. The van der Waals surface area contributed by atoms with Crippen LogP contribution in [0.3, 0.4) is 0 Å². The Morgan fingerprint density at radius 1 is 1.24 bits per heavy atom. The predicted molar refractivity (Wildman–Crippen MR) is 71.4 cm³/mol. The van der Waals surface area contributed by atoms with Crippen LogP contribution in [0.15, 0.2) is 42.6 Å². The number of nitrogens with zero attached hydrogens (tertiary/aromatic N) is 1. The van der Waals surface area contributed by atoms with Crippen molar-refractivity contribution >= 4 is 0 Å². The maximum Gasteiger partial charge on any atom is 0.416 e. The molecule has 0 radical (unpaired) electrons. The van der Waals surface area contributed by atoms with Crippen molar-refractivity contribution in [3.63, 3.8) is 0 Å². The first kappa shape index (κ1) is 15.3. The third kappa shape index (κ3) is 3.32. The summed E-state index contributed by atoms with van der Waals surface area (Å²) < 4.78 is 43.5. The Balaban J connectivity index is 2.47. The molecule has 0 fully saturated rings. The minimum Gasteiger partial charge on any atom is -0.481 e. The number of rotatable bonds is 4. The van der Waals surface area contributed by atoms with Crippen LogP contribution in [0, 0.1) is 0 Å². The van der Waals surface area contributed by atoms with Gasteiger partial charge in [0, 0.05) is 11.8 Å². The SMILES string of the molecule is COc1ncccc1C(NN)c1cccc(C(F)(F)F)c1. The molecule has 0 saturated heterocycles. The summed E-state index contributed by atoms with van der Waals surface area (Å²) in [5, 5.41) is 0. The second-order valence-corrected chi connectivity index (χ2v) is 4.32. The van der Waals surface area contributed by atoms with Crippen molar-refractivity contribution in [3.05, 3.63) is 59.3 Å². The van der Waals surface area contributed by atoms with E-state index >= 15 is 0 Å². The predicted octanol–water partition coefficient (Wildman–Crippen LogP) is 2.66. The standard InChI is InChI=1S/C14H14F3N3O/c1-21-13-11(6-3-7-19-13)12(20-18)9-4-2-5-10(8-9)14(15,16)17/h2-8,12,20H,18H2,1H3. The average Bonchev–Trinajstić information content (AvgIpc) is 2.48. The summed E-state index contributed by atoms with van der Waals surface area (Å²) in [5.74, 6) is 5.81. The van der Waals surface area contributed by atoms with E-state index in [1.807, 2.05) is 0 Å². The average molecular weight is 297 g/mol. The van der Waals surface area contributed by atoms with E-state index in [1.165, 1.54) is 19.4 Å². The molecule has 1 aromatic carbocycles. The van der Waals surface area contributed by atoms with E-state index in [-0.39, 0.29) is 0 Å². The minimum atomic E-state index is -4.41. The molecule has 0 bridgehead atoms. The van der Waals surface area contributed by atoms with Crippen LogP contribution in [-0.2, 0) is 6.18 Å². The van der Waals surface area contributed by atoms with E-state index in [0.29, 0.717) is 17.0 Å². The third-order valence-electron chi connectivity index (χ3n) is 3.02. The first-order valence-corrected chi connectivity index (χ1v) is 6.09. The monoisotopic (exact) mass is 297 g/mol. The van der Waals surface area contributed by atoms with Gasteiger partial charge in [0.25, 0.3) is 0 Å². The van der Waals surface area contributed by atoms with Crippen LogP contribution in [0.1, 0.15) is 22.7 Å². The number of benzene rings is 1. The number of aromatic nitrogens is 1. The highest BCUT2D eigenvalue weighted by atomic mass is 19.4. The van der Waals surface area contributed by atoms with Crippen LogP contribution in [0.25, 0.3) is 0 Å². The van der Waals surface area contributed by atoms with Crippen molar-refractivity contribution in [1.29, 1.82) is 0 Å². The van der Waals surface area contributed by atoms with Gasteiger partial charge in [0.05, 0.1) is 18.7 Å². The summed E-state index contributed by atoms with van der Waals surface area (Å²) >= 11 is 0. The largest absolute Gasteiger partial charge is 0.481 e. The lowest BCUT2D eigenvalue weighted by Crippen LogP contribution is -2.29. The molecule has 21 heavy (non-hydrogen) atoms. The molecule has 1 heterocycles. The molecule has 4 nitrogen and oxygen atoms in total. The number of hydrogen-bond acceptors (Lipinski definition) is 4. The van der Waals surface area contributed by atoms with E-state index in [0.717, 1.165) is 12.1 Å². The highest BCUT2D eigenvalue weighted by Crippen LogP contribution is 2.33. The molecular formula is C14H14F3N3O. The van der Waals surface area contributed by atoms with Crippen molar-refractivity contribution in [2.75, 3.05) is 7.11 Å². The van der Waals surface area contributed by atoms with E-state index in [2.05, 4.69) is 10.4 Å². The topological polar surface area (TPSA) is 60.2 Å². The fourth-order valence-corrected chi connectivity index (χ4v) is 2.05. The normalized spacial score (nSPS) is 13.0. The molecule has 0 aliphatic rings. The zero-order valence-electron chi connectivity index (χ0n) is 11.2. The van der Waals surface area contributed by atoms with Gasteiger partial charge < -0.3 is 4.74 Å². The number of pyridine rings is 1. The minimum absolute atomic E-state index is 0.304. The molecule has 0 spiro atoms. The molecule has 7 heteroatoms. The number of methoxy groups -OCH3 is 1. The summed E-state index contributed by atoms with van der Waals surface area (Å²) in [4.78, 5) is 4.02. The number of hydrogen-bond donors (Lipinski definition) is 2. The quantitative estimate of drug-likeness (QED) is 0.673. The molecule has 1 aromatic heterocycles. The van der Waals surface area contributed by atoms with Crippen molar-refractivity contribution < 1.29 is 17.9 Å². The van der Waals surface area contributed by atoms with Crippen LogP contribution in [0.5, 0.6) is 5.88 Å². The van der Waals surface area contributed by atoms with Crippen LogP contribution in [0.2, 0.25) is 0 Å². The highest BCUT2D eigenvalue weighted by molar-refractivity contribution is 5.39. The Hall–Kier alpha value is -2.12. The first-order valence-electron chi connectivity index (χ1n) is 6.09. The maximum atomic E-state index is 12.8. The Morgan fingerprint density at radius 2 is 2.00 bits per heavy atom. The van der Waals surface area contributed by atoms with E-state index < -0.39 is 17.8 Å². The summed E-state index contributed by atoms with van der Waals surface area (Å²) in [6.07, 6.45) is -2.88. The van der Waals surface area contributed by atoms with E-state index in [9.17, 15) is 13.2 Å². The van der Waals surface area contributed by atoms with Crippen LogP contribution >= 0.6 is 0 Å². The van der Waals surface area contributed by atoms with E-state index in [4.69, 9.17) is 10.6 Å². The Labute approximate surface area is 119 Å². The number of nitrogens with one attached hydrogen (secondary N) is 1. The molecule has 2 rings (SSSR count). The van der Waals surface area contributed by atoms with Crippen molar-refractivity contribution in [3.8, 4) is 5.88 Å². The molecular weight excluding hydrogens is 283 g/mol. The number of nitrogens with two attached hydrogens (primary N) is 1. The van der Waals surface area contributed by atoms with Gasteiger partial charge in [-0.2, -0.15) is 13.2 Å². The van der Waals surface area contributed by atoms with Gasteiger partial charge in [-0.15, -0.1) is 0 Å². The lowest BCUT2D eigenvalue weighted by atomic mass is 9.98. The number of halogens is 3. The summed E-state index contributed by atoms with van der Waals surface area (Å²) in [7, 11) is 1.44. The smallest absolute Gasteiger partial charge is 0.416 e. The molecule has 112 valence electrons. The van der Waals surface area contributed by atoms with Gasteiger partial charge in [-0.05, 0) is 23.8 Å². The zero-order valence-corrected chi connectivity index (χ0v) is 11.2. The van der Waals surface area contributed by atoms with Gasteiger partial charge in [-0.3, -0.25) is 5.84 Å². The summed E-state index contributed by atoms with van der Waals surface area (Å²) in [5.41, 5.74) is 2.70. The van der Waals surface area contributed by atoms with Crippen LogP contribution in [-0.4, -0.2) is 12.1 Å². The lowest BCUT2D eigenvalue weighted by Gasteiger charge is -2.19. The zero-order chi connectivity index (χ0) is 15.5. The molecule has 0 amide bonds. The molecule has 0 saturated carbocycles. The van der Waals surface area contributed by atoms with Crippen molar-refractivity contribution in [1.82, 2.24) is 10.4 Å². The van der Waals surface area contributed by atoms with Crippen molar-refractivity contribution in [2.45, 2.75) is 12.2 Å². The van der Waals surface area contributed by atoms with Gasteiger partial charge in [0.1, 0.15) is 0 Å². The van der Waals surface area contributed by atoms with Gasteiger partial charge >= 0.3 is 6.18 Å². The van der Waals surface area contributed by atoms with Gasteiger partial charge in [0.2, 0.25) is 5.88 Å². The highest BCUT2D eigenvalue weighted by Gasteiger charge is 2.31. The molecule has 0 aliphatic heterocycles. The van der Waals surface area contributed by atoms with Gasteiger partial charge in [0.15, 0.2) is 0 Å². The maximum absolute atomic E-state index is 12.8.